The van der Waals surface area contributed by atoms with Crippen LogP contribution in [0.4, 0.5) is 0 Å². The lowest BCUT2D eigenvalue weighted by atomic mass is 9.62. The highest BCUT2D eigenvalue weighted by Gasteiger charge is 2.50. The van der Waals surface area contributed by atoms with Crippen molar-refractivity contribution >= 4 is 12.6 Å². The predicted molar refractivity (Wildman–Crippen MR) is 101 cm³/mol. The summed E-state index contributed by atoms with van der Waals surface area (Å²) in [6.45, 7) is 3.77. The molecular weight excluding hydrogens is 374 g/mol. The van der Waals surface area contributed by atoms with E-state index in [1.807, 2.05) is 13.0 Å². The molecule has 0 N–H and O–H groups in total. The van der Waals surface area contributed by atoms with Crippen LogP contribution < -0.4 is 0 Å². The Morgan fingerprint density at radius 3 is 2.38 bits per heavy atom. The number of carbonyl (C=O) groups is 1. The smallest absolute Gasteiger partial charge is 0.373 e. The van der Waals surface area contributed by atoms with E-state index in [4.69, 9.17) is 23.6 Å². The zero-order valence-corrected chi connectivity index (χ0v) is 16.5. The lowest BCUT2D eigenvalue weighted by Gasteiger charge is -2.53. The Labute approximate surface area is 169 Å². The van der Waals surface area contributed by atoms with E-state index in [-0.39, 0.29) is 17.2 Å². The average molecular weight is 399 g/mol. The van der Waals surface area contributed by atoms with Crippen LogP contribution in [0.15, 0.2) is 34.9 Å². The molecule has 3 fully saturated rings. The molecule has 1 aromatic carbocycles. The maximum atomic E-state index is 10.3. The van der Waals surface area contributed by atoms with Gasteiger partial charge in [0, 0.05) is 11.6 Å². The summed E-state index contributed by atoms with van der Waals surface area (Å²) < 4.78 is 16.6. The summed E-state index contributed by atoms with van der Waals surface area (Å²) in [7, 11) is 0. The Balaban J connectivity index is 0.000000755. The van der Waals surface area contributed by atoms with Crippen LogP contribution in [-0.4, -0.2) is 31.0 Å². The number of ether oxygens (including phenoxy) is 2. The van der Waals surface area contributed by atoms with Gasteiger partial charge in [-0.2, -0.15) is 9.59 Å². The molecule has 2 aromatic rings. The molecule has 1 aromatic heterocycles. The third-order valence-electron chi connectivity index (χ3n) is 6.13. The number of aromatic nitrogens is 1. The minimum atomic E-state index is -0.142. The highest BCUT2D eigenvalue weighted by atomic mass is 16.5. The van der Waals surface area contributed by atoms with E-state index in [0.717, 1.165) is 49.3 Å². The van der Waals surface area contributed by atoms with Gasteiger partial charge in [0.1, 0.15) is 0 Å². The molecule has 7 heteroatoms. The summed E-state index contributed by atoms with van der Waals surface area (Å²) in [5.74, 6) is 0.802. The van der Waals surface area contributed by atoms with Crippen molar-refractivity contribution in [1.29, 1.82) is 0 Å². The van der Waals surface area contributed by atoms with Gasteiger partial charge in [0.2, 0.25) is 0 Å². The Morgan fingerprint density at radius 1 is 1.17 bits per heavy atom. The van der Waals surface area contributed by atoms with E-state index >= 15 is 0 Å². The Bertz CT molecular complexity index is 826. The normalized spacial score (nSPS) is 24.9. The Kier molecular flexibility index (Phi) is 6.62. The van der Waals surface area contributed by atoms with Crippen molar-refractivity contribution in [3.05, 3.63) is 41.6 Å². The molecule has 3 aliphatic rings. The number of nitrogens with zero attached hydrogens (tertiary/aromatic N) is 1. The van der Waals surface area contributed by atoms with Crippen LogP contribution in [-0.2, 0) is 29.5 Å². The van der Waals surface area contributed by atoms with Crippen LogP contribution in [0, 0.1) is 12.3 Å². The second-order valence-electron chi connectivity index (χ2n) is 7.85. The number of rotatable bonds is 7. The van der Waals surface area contributed by atoms with E-state index in [2.05, 4.69) is 29.4 Å². The fraction of sp³-hybridized carbons (Fsp3) is 0.500. The summed E-state index contributed by atoms with van der Waals surface area (Å²) in [4.78, 5) is 26.5. The number of aryl methyl sites for hydroxylation is 1. The van der Waals surface area contributed by atoms with Crippen molar-refractivity contribution in [2.24, 2.45) is 5.41 Å². The van der Waals surface area contributed by atoms with Crippen LogP contribution >= 0.6 is 0 Å². The van der Waals surface area contributed by atoms with Gasteiger partial charge in [-0.05, 0) is 56.4 Å². The average Bonchev–Trinajstić information content (AvgIpc) is 3.20. The highest BCUT2D eigenvalue weighted by molar-refractivity contribution is 5.58. The van der Waals surface area contributed by atoms with Gasteiger partial charge in [-0.3, -0.25) is 4.79 Å². The van der Waals surface area contributed by atoms with Crippen molar-refractivity contribution in [3.8, 4) is 11.3 Å². The Morgan fingerprint density at radius 2 is 1.86 bits per heavy atom. The van der Waals surface area contributed by atoms with Crippen molar-refractivity contribution in [2.45, 2.75) is 51.0 Å². The highest BCUT2D eigenvalue weighted by Crippen LogP contribution is 2.55. The van der Waals surface area contributed by atoms with Gasteiger partial charge in [-0.1, -0.05) is 29.4 Å². The second-order valence-corrected chi connectivity index (χ2v) is 7.85. The summed E-state index contributed by atoms with van der Waals surface area (Å²) >= 11 is 0. The summed E-state index contributed by atoms with van der Waals surface area (Å²) in [6, 6.07) is 10.5. The predicted octanol–water partition coefficient (Wildman–Crippen LogP) is 3.81. The first-order chi connectivity index (χ1) is 14.1. The van der Waals surface area contributed by atoms with Crippen molar-refractivity contribution in [3.63, 3.8) is 0 Å². The van der Waals surface area contributed by atoms with Crippen molar-refractivity contribution in [1.82, 2.24) is 5.16 Å². The minimum absolute atomic E-state index is 0.142. The summed E-state index contributed by atoms with van der Waals surface area (Å²) in [5.41, 5.74) is 3.32. The monoisotopic (exact) mass is 399 g/mol. The van der Waals surface area contributed by atoms with Gasteiger partial charge in [-0.25, -0.2) is 0 Å². The van der Waals surface area contributed by atoms with Gasteiger partial charge < -0.3 is 14.0 Å². The third kappa shape index (κ3) is 4.63. The van der Waals surface area contributed by atoms with Gasteiger partial charge in [-0.15, -0.1) is 0 Å². The van der Waals surface area contributed by atoms with Gasteiger partial charge in [0.05, 0.1) is 24.5 Å². The quantitative estimate of drug-likeness (QED) is 0.516. The van der Waals surface area contributed by atoms with Crippen LogP contribution in [0.25, 0.3) is 11.3 Å². The van der Waals surface area contributed by atoms with Crippen molar-refractivity contribution < 1.29 is 28.4 Å². The molecule has 7 nitrogen and oxygen atoms in total. The molecule has 0 radical (unpaired) electrons. The van der Waals surface area contributed by atoms with E-state index < -0.39 is 0 Å². The van der Waals surface area contributed by atoms with Gasteiger partial charge in [0.25, 0.3) is 6.47 Å². The first-order valence-corrected chi connectivity index (χ1v) is 9.79. The van der Waals surface area contributed by atoms with E-state index in [9.17, 15) is 4.79 Å². The van der Waals surface area contributed by atoms with Crippen LogP contribution in [0.1, 0.15) is 49.8 Å². The molecule has 0 atom stereocenters. The summed E-state index contributed by atoms with van der Waals surface area (Å²) in [5, 5.41) is 3.96. The molecule has 29 heavy (non-hydrogen) atoms. The first kappa shape index (κ1) is 21.0. The third-order valence-corrected chi connectivity index (χ3v) is 6.13. The minimum Gasteiger partial charge on any atom is -0.468 e. The number of benzene rings is 1. The second kappa shape index (κ2) is 9.16. The molecule has 2 aliphatic heterocycles. The molecule has 2 saturated heterocycles. The SMILES string of the molecule is Cc1cc(-c2ccc(C34CCC(CCCOC=O)(CC3)CO4)cc2)on1.O=C=O. The van der Waals surface area contributed by atoms with Crippen LogP contribution in [0.5, 0.6) is 0 Å². The molecule has 0 unspecified atom stereocenters. The maximum absolute atomic E-state index is 10.3. The molecule has 3 heterocycles. The number of carbonyl (C=O) groups excluding carboxylic acids is 3. The fourth-order valence-electron chi connectivity index (χ4n) is 4.47. The zero-order valence-electron chi connectivity index (χ0n) is 16.5. The van der Waals surface area contributed by atoms with E-state index in [1.54, 1.807) is 0 Å². The first-order valence-electron chi connectivity index (χ1n) is 9.79. The largest absolute Gasteiger partial charge is 0.468 e. The molecule has 154 valence electrons. The molecule has 5 rings (SSSR count). The number of hydrogen-bond donors (Lipinski definition) is 0. The standard InChI is InChI=1S/C21H25NO4.CO2/c1-16-13-19(26-22-16)17-3-5-18(6-4-17)21-10-8-20(9-11-21,14-25-21)7-2-12-24-15-23;2-1-3/h3-6,13,15H,2,7-12,14H2,1H3;. The topological polar surface area (TPSA) is 95.7 Å². The molecule has 0 spiro atoms. The zero-order chi connectivity index (χ0) is 20.7. The van der Waals surface area contributed by atoms with Crippen molar-refractivity contribution in [2.75, 3.05) is 13.2 Å². The maximum Gasteiger partial charge on any atom is 0.373 e. The number of hydrogen-bond acceptors (Lipinski definition) is 7. The fourth-order valence-corrected chi connectivity index (χ4v) is 4.47. The van der Waals surface area contributed by atoms with Gasteiger partial charge >= 0.3 is 6.15 Å². The summed E-state index contributed by atoms with van der Waals surface area (Å²) in [6.07, 6.45) is 6.71. The molecular formula is C22H25NO6. The number of fused-ring (bicyclic) bond motifs is 3. The molecule has 0 amide bonds. The van der Waals surface area contributed by atoms with E-state index in [1.165, 1.54) is 18.4 Å². The lowest BCUT2D eigenvalue weighted by molar-refractivity contribution is -0.192. The van der Waals surface area contributed by atoms with Gasteiger partial charge in [0.15, 0.2) is 5.76 Å². The Hall–Kier alpha value is -2.76. The van der Waals surface area contributed by atoms with Crippen LogP contribution in [0.2, 0.25) is 0 Å². The molecule has 2 bridgehead atoms. The lowest BCUT2D eigenvalue weighted by Crippen LogP contribution is -2.49. The van der Waals surface area contributed by atoms with E-state index in [0.29, 0.717) is 13.1 Å². The van der Waals surface area contributed by atoms with Crippen LogP contribution in [0.3, 0.4) is 0 Å². The molecule has 1 aliphatic carbocycles. The molecule has 1 saturated carbocycles.